The van der Waals surface area contributed by atoms with Gasteiger partial charge in [0, 0.05) is 24.1 Å². The molecule has 0 fully saturated rings. The average Bonchev–Trinajstić information content (AvgIpc) is 3.33. The van der Waals surface area contributed by atoms with E-state index in [-0.39, 0.29) is 29.2 Å². The molecule has 1 aromatic heterocycles. The fraction of sp³-hybridized carbons (Fsp3) is 0.360. The molecule has 0 atom stereocenters. The number of rotatable bonds is 10. The molecule has 10 nitrogen and oxygen atoms in total. The van der Waals surface area contributed by atoms with Crippen molar-refractivity contribution >= 4 is 11.9 Å². The minimum absolute atomic E-state index is 0.0251. The molecule has 1 N–H and O–H groups in total. The van der Waals surface area contributed by atoms with Crippen molar-refractivity contribution in [3.8, 4) is 23.0 Å². The van der Waals surface area contributed by atoms with Crippen LogP contribution in [0.4, 0.5) is 0 Å². The summed E-state index contributed by atoms with van der Waals surface area (Å²) >= 11 is 0. The van der Waals surface area contributed by atoms with Crippen LogP contribution in [0.1, 0.15) is 49.4 Å². The van der Waals surface area contributed by atoms with Crippen LogP contribution < -0.4 is 18.9 Å². The van der Waals surface area contributed by atoms with Crippen LogP contribution in [0.2, 0.25) is 0 Å². The molecule has 0 unspecified atom stereocenters. The Morgan fingerprint density at radius 1 is 0.943 bits per heavy atom. The molecular formula is C25H29N3O7. The Morgan fingerprint density at radius 3 is 2.20 bits per heavy atom. The second-order valence-corrected chi connectivity index (χ2v) is 8.00. The number of aromatic nitrogens is 3. The number of methoxy groups -OCH3 is 2. The Hall–Kier alpha value is -4.08. The van der Waals surface area contributed by atoms with E-state index in [0.717, 1.165) is 0 Å². The number of aryl methyl sites for hydroxylation is 3. The highest BCUT2D eigenvalue weighted by atomic mass is 16.5. The highest BCUT2D eigenvalue weighted by Gasteiger charge is 2.26. The first-order valence-corrected chi connectivity index (χ1v) is 11.0. The van der Waals surface area contributed by atoms with Gasteiger partial charge in [-0.25, -0.2) is 14.6 Å². The zero-order chi connectivity index (χ0) is 25.7. The van der Waals surface area contributed by atoms with Crippen LogP contribution in [0, 0.1) is 27.7 Å². The van der Waals surface area contributed by atoms with Crippen LogP contribution in [0.25, 0.3) is 0 Å². The monoisotopic (exact) mass is 483 g/mol. The number of carbonyl (C=O) groups excluding carboxylic acids is 1. The molecule has 0 spiro atoms. The number of esters is 1. The molecule has 3 aromatic rings. The summed E-state index contributed by atoms with van der Waals surface area (Å²) in [6.07, 6.45) is 3.61. The van der Waals surface area contributed by atoms with Gasteiger partial charge in [-0.15, -0.1) is 0 Å². The Balaban J connectivity index is 1.92. The van der Waals surface area contributed by atoms with Gasteiger partial charge in [0.15, 0.2) is 0 Å². The van der Waals surface area contributed by atoms with Crippen molar-refractivity contribution in [1.82, 2.24) is 14.8 Å². The summed E-state index contributed by atoms with van der Waals surface area (Å²) in [5.41, 5.74) is 2.39. The molecule has 10 heteroatoms. The van der Waals surface area contributed by atoms with Crippen LogP contribution in [0.5, 0.6) is 23.0 Å². The van der Waals surface area contributed by atoms with Crippen LogP contribution in [-0.2, 0) is 6.54 Å². The van der Waals surface area contributed by atoms with E-state index in [1.807, 2.05) is 0 Å². The molecule has 3 rings (SSSR count). The largest absolute Gasteiger partial charge is 0.496 e. The van der Waals surface area contributed by atoms with Crippen LogP contribution >= 0.6 is 0 Å². The van der Waals surface area contributed by atoms with E-state index < -0.39 is 11.9 Å². The summed E-state index contributed by atoms with van der Waals surface area (Å²) in [6.45, 7) is 7.64. The third-order valence-electron chi connectivity index (χ3n) is 5.65. The molecule has 35 heavy (non-hydrogen) atoms. The number of benzene rings is 2. The van der Waals surface area contributed by atoms with Crippen molar-refractivity contribution in [2.24, 2.45) is 0 Å². The molecule has 0 saturated heterocycles. The van der Waals surface area contributed by atoms with Gasteiger partial charge in [0.2, 0.25) is 0 Å². The van der Waals surface area contributed by atoms with E-state index in [1.54, 1.807) is 51.9 Å². The summed E-state index contributed by atoms with van der Waals surface area (Å²) in [5.74, 6) is -0.443. The molecule has 0 bridgehead atoms. The smallest absolute Gasteiger partial charge is 0.347 e. The third kappa shape index (κ3) is 5.37. The predicted octanol–water partition coefficient (Wildman–Crippen LogP) is 3.92. The van der Waals surface area contributed by atoms with E-state index in [2.05, 4.69) is 10.1 Å². The SMILES string of the molecule is COc1cc(C)c(C(=O)Oc2cc(C)c(C(=O)O)c(OCCCn3cncn3)c2C)c(OC)c1C. The molecular weight excluding hydrogens is 454 g/mol. The van der Waals surface area contributed by atoms with E-state index in [1.165, 1.54) is 19.5 Å². The maximum absolute atomic E-state index is 13.2. The van der Waals surface area contributed by atoms with Gasteiger partial charge in [0.05, 0.1) is 20.8 Å². The van der Waals surface area contributed by atoms with Crippen LogP contribution in [0.15, 0.2) is 24.8 Å². The first kappa shape index (κ1) is 25.5. The zero-order valence-corrected chi connectivity index (χ0v) is 20.7. The van der Waals surface area contributed by atoms with Gasteiger partial charge in [0.1, 0.15) is 46.8 Å². The van der Waals surface area contributed by atoms with E-state index in [0.29, 0.717) is 46.7 Å². The summed E-state index contributed by atoms with van der Waals surface area (Å²) in [7, 11) is 3.02. The van der Waals surface area contributed by atoms with Crippen LogP contribution in [0.3, 0.4) is 0 Å². The molecule has 0 aliphatic carbocycles. The molecule has 186 valence electrons. The Bertz CT molecular complexity index is 1240. The second kappa shape index (κ2) is 10.9. The maximum atomic E-state index is 13.2. The lowest BCUT2D eigenvalue weighted by molar-refractivity contribution is 0.0690. The van der Waals surface area contributed by atoms with E-state index in [4.69, 9.17) is 18.9 Å². The van der Waals surface area contributed by atoms with Gasteiger partial charge >= 0.3 is 11.9 Å². The summed E-state index contributed by atoms with van der Waals surface area (Å²) in [4.78, 5) is 29.1. The minimum atomic E-state index is -1.13. The van der Waals surface area contributed by atoms with Gasteiger partial charge < -0.3 is 24.1 Å². The Morgan fingerprint density at radius 2 is 1.60 bits per heavy atom. The molecule has 0 saturated carbocycles. The predicted molar refractivity (Wildman–Crippen MR) is 127 cm³/mol. The number of ether oxygens (including phenoxy) is 4. The number of carboxylic acids is 1. The third-order valence-corrected chi connectivity index (χ3v) is 5.65. The van der Waals surface area contributed by atoms with Gasteiger partial charge in [-0.1, -0.05) is 0 Å². The maximum Gasteiger partial charge on any atom is 0.347 e. The Kier molecular flexibility index (Phi) is 7.95. The fourth-order valence-corrected chi connectivity index (χ4v) is 3.88. The van der Waals surface area contributed by atoms with E-state index >= 15 is 0 Å². The molecule has 0 radical (unpaired) electrons. The number of hydrogen-bond donors (Lipinski definition) is 1. The van der Waals surface area contributed by atoms with Crippen molar-refractivity contribution in [2.75, 3.05) is 20.8 Å². The van der Waals surface area contributed by atoms with Crippen molar-refractivity contribution in [2.45, 2.75) is 40.7 Å². The highest BCUT2D eigenvalue weighted by Crippen LogP contribution is 2.38. The van der Waals surface area contributed by atoms with E-state index in [9.17, 15) is 14.7 Å². The second-order valence-electron chi connectivity index (χ2n) is 8.00. The van der Waals surface area contributed by atoms with Gasteiger partial charge in [-0.05, 0) is 51.0 Å². The van der Waals surface area contributed by atoms with Gasteiger partial charge in [-0.3, -0.25) is 4.68 Å². The van der Waals surface area contributed by atoms with Crippen molar-refractivity contribution in [1.29, 1.82) is 0 Å². The van der Waals surface area contributed by atoms with Gasteiger partial charge in [0.25, 0.3) is 0 Å². The van der Waals surface area contributed by atoms with Crippen molar-refractivity contribution < 1.29 is 33.6 Å². The number of carboxylic acid groups (broad SMARTS) is 1. The fourth-order valence-electron chi connectivity index (χ4n) is 3.88. The topological polar surface area (TPSA) is 122 Å². The zero-order valence-electron chi connectivity index (χ0n) is 20.7. The molecule has 2 aromatic carbocycles. The number of hydrogen-bond acceptors (Lipinski definition) is 8. The summed E-state index contributed by atoms with van der Waals surface area (Å²) in [6, 6.07) is 3.26. The van der Waals surface area contributed by atoms with Gasteiger partial charge in [-0.2, -0.15) is 5.10 Å². The Labute approximate surface area is 203 Å². The first-order valence-electron chi connectivity index (χ1n) is 11.0. The number of aromatic carboxylic acids is 1. The van der Waals surface area contributed by atoms with Crippen LogP contribution in [-0.4, -0.2) is 52.6 Å². The van der Waals surface area contributed by atoms with Crippen molar-refractivity contribution in [3.63, 3.8) is 0 Å². The normalized spacial score (nSPS) is 10.7. The average molecular weight is 484 g/mol. The lowest BCUT2D eigenvalue weighted by Crippen LogP contribution is -2.16. The molecule has 0 aliphatic heterocycles. The standard InChI is InChI=1S/C25H29N3O7/c1-14-11-19(35-25(31)21-15(2)10-18(32-5)16(3)22(21)33-6)17(4)23(20(14)24(29)30)34-9-7-8-28-13-26-12-27-28/h10-13H,7-9H2,1-6H3,(H,29,30). The summed E-state index contributed by atoms with van der Waals surface area (Å²) < 4.78 is 24.1. The lowest BCUT2D eigenvalue weighted by atomic mass is 10.0. The molecule has 1 heterocycles. The highest BCUT2D eigenvalue weighted by molar-refractivity contribution is 5.98. The lowest BCUT2D eigenvalue weighted by Gasteiger charge is -2.19. The number of carbonyl (C=O) groups is 2. The molecule has 0 aliphatic rings. The summed E-state index contributed by atoms with van der Waals surface area (Å²) in [5, 5.41) is 13.8. The minimum Gasteiger partial charge on any atom is -0.496 e. The first-order chi connectivity index (χ1) is 16.7. The quantitative estimate of drug-likeness (QED) is 0.260. The van der Waals surface area contributed by atoms with Crippen molar-refractivity contribution in [3.05, 3.63) is 58.2 Å². The molecule has 0 amide bonds. The number of nitrogens with zero attached hydrogens (tertiary/aromatic N) is 3.